The largest absolute Gasteiger partial charge is 0.383 e. The van der Waals surface area contributed by atoms with E-state index in [1.807, 2.05) is 21.0 Å². The molecule has 3 fully saturated rings. The summed E-state index contributed by atoms with van der Waals surface area (Å²) >= 11 is 0. The van der Waals surface area contributed by atoms with Gasteiger partial charge in [-0.15, -0.1) is 0 Å². The van der Waals surface area contributed by atoms with Gasteiger partial charge in [0.1, 0.15) is 0 Å². The molecule has 1 saturated carbocycles. The molecule has 24 heavy (non-hydrogen) atoms. The average Bonchev–Trinajstić information content (AvgIpc) is 2.61. The Morgan fingerprint density at radius 3 is 2.25 bits per heavy atom. The minimum atomic E-state index is 0.606. The highest BCUT2D eigenvalue weighted by molar-refractivity contribution is 4.90. The van der Waals surface area contributed by atoms with E-state index in [9.17, 15) is 0 Å². The summed E-state index contributed by atoms with van der Waals surface area (Å²) in [6.07, 6.45) is 7.07. The molecule has 0 aromatic rings. The van der Waals surface area contributed by atoms with Crippen LogP contribution in [0.5, 0.6) is 0 Å². The first kappa shape index (κ1) is 20.2. The van der Waals surface area contributed by atoms with Crippen LogP contribution in [0.3, 0.4) is 0 Å². The molecule has 0 spiro atoms. The molecule has 0 bridgehead atoms. The third-order valence-electron chi connectivity index (χ3n) is 6.22. The molecule has 4 nitrogen and oxygen atoms in total. The summed E-state index contributed by atoms with van der Waals surface area (Å²) in [6.45, 7) is 14.7. The van der Waals surface area contributed by atoms with Crippen LogP contribution in [0.15, 0.2) is 0 Å². The van der Waals surface area contributed by atoms with Crippen LogP contribution in [0.25, 0.3) is 0 Å². The fourth-order valence-corrected chi connectivity index (χ4v) is 4.65. The maximum absolute atomic E-state index is 5.56. The molecule has 2 aliphatic heterocycles. The molecule has 1 atom stereocenters. The number of nitrogens with zero attached hydrogens (tertiary/aromatic N) is 2. The molecular formula is C20H41N3O. The smallest absolute Gasteiger partial charge is 0.0630 e. The lowest BCUT2D eigenvalue weighted by molar-refractivity contribution is -0.0181. The molecule has 0 aromatic heterocycles. The molecule has 3 rings (SSSR count). The van der Waals surface area contributed by atoms with E-state index < -0.39 is 0 Å². The van der Waals surface area contributed by atoms with Gasteiger partial charge in [-0.05, 0) is 37.5 Å². The third kappa shape index (κ3) is 5.42. The fraction of sp³-hybridized carbons (Fsp3) is 1.00. The first-order valence-corrected chi connectivity index (χ1v) is 10.5. The maximum atomic E-state index is 5.56. The Labute approximate surface area is 150 Å². The predicted octanol–water partition coefficient (Wildman–Crippen LogP) is 2.83. The summed E-state index contributed by atoms with van der Waals surface area (Å²) in [7, 11) is 1.86. The van der Waals surface area contributed by atoms with Crippen LogP contribution in [-0.2, 0) is 4.74 Å². The van der Waals surface area contributed by atoms with Crippen LogP contribution < -0.4 is 5.32 Å². The van der Waals surface area contributed by atoms with E-state index in [2.05, 4.69) is 22.0 Å². The Morgan fingerprint density at radius 2 is 1.71 bits per heavy atom. The van der Waals surface area contributed by atoms with Gasteiger partial charge >= 0.3 is 0 Å². The van der Waals surface area contributed by atoms with Crippen LogP contribution in [-0.4, -0.2) is 74.9 Å². The molecule has 0 unspecified atom stereocenters. The van der Waals surface area contributed by atoms with E-state index in [1.54, 1.807) is 0 Å². The summed E-state index contributed by atoms with van der Waals surface area (Å²) in [5.41, 5.74) is 0. The maximum Gasteiger partial charge on any atom is 0.0630 e. The minimum absolute atomic E-state index is 0.606. The number of nitrogens with one attached hydrogen (secondary N) is 1. The van der Waals surface area contributed by atoms with Gasteiger partial charge in [-0.1, -0.05) is 27.2 Å². The second-order valence-corrected chi connectivity index (χ2v) is 7.71. The molecule has 0 aromatic carbocycles. The van der Waals surface area contributed by atoms with Gasteiger partial charge in [0.25, 0.3) is 0 Å². The normalized spacial score (nSPS) is 32.8. The van der Waals surface area contributed by atoms with E-state index in [-0.39, 0.29) is 0 Å². The van der Waals surface area contributed by atoms with E-state index in [0.717, 1.165) is 24.5 Å². The average molecular weight is 340 g/mol. The zero-order valence-corrected chi connectivity index (χ0v) is 16.6. The first-order chi connectivity index (χ1) is 11.8. The summed E-state index contributed by atoms with van der Waals surface area (Å²) in [6, 6.07) is 1.42. The Morgan fingerprint density at radius 1 is 1.00 bits per heavy atom. The Hall–Kier alpha value is -0.160. The number of methoxy groups -OCH3 is 1. The molecule has 0 radical (unpaired) electrons. The zero-order valence-electron chi connectivity index (χ0n) is 16.6. The van der Waals surface area contributed by atoms with Gasteiger partial charge in [0.2, 0.25) is 0 Å². The first-order valence-electron chi connectivity index (χ1n) is 10.5. The molecule has 2 heterocycles. The van der Waals surface area contributed by atoms with Crippen LogP contribution in [0.2, 0.25) is 0 Å². The van der Waals surface area contributed by atoms with Gasteiger partial charge in [0.05, 0.1) is 6.61 Å². The van der Waals surface area contributed by atoms with Gasteiger partial charge < -0.3 is 15.0 Å². The number of hydrogen-bond donors (Lipinski definition) is 1. The van der Waals surface area contributed by atoms with Gasteiger partial charge in [0, 0.05) is 58.5 Å². The highest BCUT2D eigenvalue weighted by Gasteiger charge is 2.34. The van der Waals surface area contributed by atoms with Crippen molar-refractivity contribution in [3.63, 3.8) is 0 Å². The van der Waals surface area contributed by atoms with Gasteiger partial charge in [0.15, 0.2) is 0 Å². The molecule has 1 N–H and O–H groups in total. The topological polar surface area (TPSA) is 27.7 Å². The zero-order chi connectivity index (χ0) is 17.4. The van der Waals surface area contributed by atoms with Crippen molar-refractivity contribution in [1.29, 1.82) is 0 Å². The summed E-state index contributed by atoms with van der Waals surface area (Å²) in [5, 5.41) is 3.40. The van der Waals surface area contributed by atoms with Crippen molar-refractivity contribution in [2.24, 2.45) is 11.8 Å². The standard InChI is InChI=1S/C18H35N3O.C2H6/c1-3-15-4-6-17(7-5-15)21-9-8-20(12-16-10-19-11-16)13-18(21)14-22-2;1-2/h15-19H,3-14H2,1-2H3;1-2H3/t15?,17?,18-;/m0./s1. The summed E-state index contributed by atoms with van der Waals surface area (Å²) < 4.78 is 5.56. The van der Waals surface area contributed by atoms with Crippen molar-refractivity contribution >= 4 is 0 Å². The lowest BCUT2D eigenvalue weighted by atomic mass is 9.83. The van der Waals surface area contributed by atoms with E-state index >= 15 is 0 Å². The second kappa shape index (κ2) is 10.7. The highest BCUT2D eigenvalue weighted by atomic mass is 16.5. The highest BCUT2D eigenvalue weighted by Crippen LogP contribution is 2.31. The lowest BCUT2D eigenvalue weighted by Crippen LogP contribution is -2.60. The summed E-state index contributed by atoms with van der Waals surface area (Å²) in [4.78, 5) is 5.48. The fourth-order valence-electron chi connectivity index (χ4n) is 4.65. The predicted molar refractivity (Wildman–Crippen MR) is 103 cm³/mol. The van der Waals surface area contributed by atoms with Crippen molar-refractivity contribution < 1.29 is 4.74 Å². The van der Waals surface area contributed by atoms with Crippen molar-refractivity contribution in [3.05, 3.63) is 0 Å². The molecule has 2 saturated heterocycles. The van der Waals surface area contributed by atoms with Crippen molar-refractivity contribution in [2.45, 2.75) is 65.0 Å². The van der Waals surface area contributed by atoms with E-state index in [1.165, 1.54) is 71.4 Å². The van der Waals surface area contributed by atoms with E-state index in [4.69, 9.17) is 4.74 Å². The quantitative estimate of drug-likeness (QED) is 0.805. The van der Waals surface area contributed by atoms with Crippen LogP contribution in [0, 0.1) is 11.8 Å². The van der Waals surface area contributed by atoms with Gasteiger partial charge in [-0.3, -0.25) is 4.90 Å². The second-order valence-electron chi connectivity index (χ2n) is 7.71. The number of ether oxygens (including phenoxy) is 1. The molecule has 3 aliphatic rings. The van der Waals surface area contributed by atoms with Crippen molar-refractivity contribution in [1.82, 2.24) is 15.1 Å². The van der Waals surface area contributed by atoms with Gasteiger partial charge in [-0.25, -0.2) is 0 Å². The van der Waals surface area contributed by atoms with Gasteiger partial charge in [-0.2, -0.15) is 0 Å². The van der Waals surface area contributed by atoms with Crippen molar-refractivity contribution in [3.8, 4) is 0 Å². The molecule has 4 heteroatoms. The SMILES string of the molecule is CC.CCC1CCC(N2CCN(CC3CNC3)C[C@H]2COC)CC1. The van der Waals surface area contributed by atoms with Crippen molar-refractivity contribution in [2.75, 3.05) is 53.0 Å². The molecular weight excluding hydrogens is 298 g/mol. The Balaban J connectivity index is 0.00000100. The molecule has 142 valence electrons. The van der Waals surface area contributed by atoms with Crippen LogP contribution in [0.4, 0.5) is 0 Å². The Bertz CT molecular complexity index is 327. The van der Waals surface area contributed by atoms with Crippen LogP contribution in [0.1, 0.15) is 52.9 Å². The van der Waals surface area contributed by atoms with E-state index in [0.29, 0.717) is 6.04 Å². The number of hydrogen-bond acceptors (Lipinski definition) is 4. The monoisotopic (exact) mass is 339 g/mol. The number of piperazine rings is 1. The third-order valence-corrected chi connectivity index (χ3v) is 6.22. The molecule has 0 amide bonds. The van der Waals surface area contributed by atoms with Crippen LogP contribution >= 0.6 is 0 Å². The summed E-state index contributed by atoms with van der Waals surface area (Å²) in [5.74, 6) is 1.87. The number of rotatable bonds is 6. The molecule has 1 aliphatic carbocycles. The minimum Gasteiger partial charge on any atom is -0.383 e. The Kier molecular flexibility index (Phi) is 9.02. The lowest BCUT2D eigenvalue weighted by Gasteiger charge is -2.48.